The van der Waals surface area contributed by atoms with Crippen molar-refractivity contribution in [1.29, 1.82) is 0 Å². The van der Waals surface area contributed by atoms with Crippen LogP contribution in [0.15, 0.2) is 77.7 Å². The Bertz CT molecular complexity index is 1410. The molecule has 1 aliphatic rings. The number of anilines is 1. The Labute approximate surface area is 223 Å². The van der Waals surface area contributed by atoms with E-state index < -0.39 is 22.0 Å². The van der Waals surface area contributed by atoms with Crippen LogP contribution in [0.3, 0.4) is 0 Å². The average molecular weight is 538 g/mol. The van der Waals surface area contributed by atoms with Gasteiger partial charge in [0.15, 0.2) is 6.10 Å². The monoisotopic (exact) mass is 537 g/mol. The fraction of sp³-hybridized carbons (Fsp3) is 0.286. The molecule has 3 aromatic rings. The van der Waals surface area contributed by atoms with Gasteiger partial charge in [-0.15, -0.1) is 0 Å². The van der Waals surface area contributed by atoms with E-state index in [0.717, 1.165) is 5.56 Å². The lowest BCUT2D eigenvalue weighted by Crippen LogP contribution is -2.50. The van der Waals surface area contributed by atoms with Gasteiger partial charge < -0.3 is 19.7 Å². The first-order chi connectivity index (χ1) is 18.3. The summed E-state index contributed by atoms with van der Waals surface area (Å²) in [6.07, 6.45) is -0.949. The fourth-order valence-corrected chi connectivity index (χ4v) is 5.97. The van der Waals surface area contributed by atoms with Gasteiger partial charge in [-0.3, -0.25) is 9.59 Å². The number of amides is 2. The van der Waals surface area contributed by atoms with E-state index in [1.54, 1.807) is 38.1 Å². The van der Waals surface area contributed by atoms with Crippen LogP contribution in [0.1, 0.15) is 29.8 Å². The molecule has 1 N–H and O–H groups in total. The number of benzene rings is 3. The van der Waals surface area contributed by atoms with Crippen LogP contribution >= 0.6 is 0 Å². The molecule has 0 bridgehead atoms. The van der Waals surface area contributed by atoms with Crippen LogP contribution in [-0.4, -0.2) is 57.4 Å². The normalized spacial score (nSPS) is 14.9. The number of nitrogens with zero attached hydrogens (tertiary/aromatic N) is 2. The van der Waals surface area contributed by atoms with Gasteiger partial charge in [0.2, 0.25) is 10.0 Å². The molecule has 0 fully saturated rings. The van der Waals surface area contributed by atoms with Crippen molar-refractivity contribution < 1.29 is 27.5 Å². The predicted molar refractivity (Wildman–Crippen MR) is 144 cm³/mol. The summed E-state index contributed by atoms with van der Waals surface area (Å²) in [7, 11) is -2.52. The minimum absolute atomic E-state index is 0.0410. The highest BCUT2D eigenvalue weighted by Crippen LogP contribution is 2.35. The second-order valence-corrected chi connectivity index (χ2v) is 10.6. The number of hydrogen-bond acceptors (Lipinski definition) is 6. The van der Waals surface area contributed by atoms with Crippen molar-refractivity contribution in [3.63, 3.8) is 0 Å². The first-order valence-electron chi connectivity index (χ1n) is 12.4. The molecule has 1 heterocycles. The van der Waals surface area contributed by atoms with Crippen molar-refractivity contribution in [2.45, 2.75) is 31.4 Å². The number of carbonyl (C=O) groups is 2. The van der Waals surface area contributed by atoms with Crippen molar-refractivity contribution in [1.82, 2.24) is 9.62 Å². The van der Waals surface area contributed by atoms with Crippen LogP contribution in [0.4, 0.5) is 5.69 Å². The third-order valence-corrected chi connectivity index (χ3v) is 8.43. The Kier molecular flexibility index (Phi) is 8.33. The van der Waals surface area contributed by atoms with Crippen LogP contribution in [0.2, 0.25) is 0 Å². The SMILES string of the molecule is CCN(CC)S(=O)(=O)c1cc(C(=O)N2C[C@@H](C(=O)NCc3ccccc3)Oc3ccccc32)ccc1OC. The minimum atomic E-state index is -3.90. The van der Waals surface area contributed by atoms with E-state index in [2.05, 4.69) is 5.32 Å². The Morgan fingerprint density at radius 3 is 2.39 bits per heavy atom. The molecule has 0 aliphatic carbocycles. The Morgan fingerprint density at radius 1 is 1.03 bits per heavy atom. The molecule has 4 rings (SSSR count). The molecule has 2 amide bonds. The maximum Gasteiger partial charge on any atom is 0.263 e. The molecule has 0 aromatic heterocycles. The summed E-state index contributed by atoms with van der Waals surface area (Å²) in [5.41, 5.74) is 1.58. The molecule has 1 aliphatic heterocycles. The van der Waals surface area contributed by atoms with Gasteiger partial charge >= 0.3 is 0 Å². The Morgan fingerprint density at radius 2 is 1.71 bits per heavy atom. The van der Waals surface area contributed by atoms with Gasteiger partial charge in [-0.2, -0.15) is 4.31 Å². The van der Waals surface area contributed by atoms with Crippen molar-refractivity contribution in [2.24, 2.45) is 0 Å². The van der Waals surface area contributed by atoms with E-state index in [-0.39, 0.29) is 41.7 Å². The topological polar surface area (TPSA) is 105 Å². The molecule has 0 saturated carbocycles. The lowest BCUT2D eigenvalue weighted by Gasteiger charge is -2.34. The zero-order chi connectivity index (χ0) is 27.3. The van der Waals surface area contributed by atoms with Gasteiger partial charge in [-0.05, 0) is 35.9 Å². The molecule has 0 radical (unpaired) electrons. The van der Waals surface area contributed by atoms with Gasteiger partial charge in [0.1, 0.15) is 16.4 Å². The highest BCUT2D eigenvalue weighted by Gasteiger charge is 2.35. The van der Waals surface area contributed by atoms with Crippen LogP contribution in [0, 0.1) is 0 Å². The van der Waals surface area contributed by atoms with Gasteiger partial charge in [-0.25, -0.2) is 8.42 Å². The van der Waals surface area contributed by atoms with E-state index in [1.165, 1.54) is 34.5 Å². The van der Waals surface area contributed by atoms with Crippen LogP contribution in [-0.2, 0) is 21.4 Å². The number of ether oxygens (including phenoxy) is 2. The van der Waals surface area contributed by atoms with Gasteiger partial charge in [0.25, 0.3) is 11.8 Å². The molecule has 9 nitrogen and oxygen atoms in total. The molecule has 0 unspecified atom stereocenters. The van der Waals surface area contributed by atoms with E-state index in [4.69, 9.17) is 9.47 Å². The highest BCUT2D eigenvalue weighted by molar-refractivity contribution is 7.89. The second-order valence-electron chi connectivity index (χ2n) is 8.65. The first kappa shape index (κ1) is 27.2. The average Bonchev–Trinajstić information content (AvgIpc) is 2.95. The Balaban J connectivity index is 1.64. The zero-order valence-electron chi connectivity index (χ0n) is 21.6. The molecular formula is C28H31N3O6S. The van der Waals surface area contributed by atoms with Crippen LogP contribution in [0.5, 0.6) is 11.5 Å². The van der Waals surface area contributed by atoms with Gasteiger partial charge in [0, 0.05) is 25.2 Å². The summed E-state index contributed by atoms with van der Waals surface area (Å²) in [6, 6.07) is 20.7. The number of nitrogens with one attached hydrogen (secondary N) is 1. The molecular weight excluding hydrogens is 506 g/mol. The zero-order valence-corrected chi connectivity index (χ0v) is 22.4. The van der Waals surface area contributed by atoms with E-state index in [9.17, 15) is 18.0 Å². The third kappa shape index (κ3) is 5.51. The fourth-order valence-electron chi connectivity index (χ4n) is 4.33. The predicted octanol–water partition coefficient (Wildman–Crippen LogP) is 3.45. The highest BCUT2D eigenvalue weighted by atomic mass is 32.2. The van der Waals surface area contributed by atoms with Crippen molar-refractivity contribution in [3.8, 4) is 11.5 Å². The number of para-hydroxylation sites is 2. The number of hydrogen-bond donors (Lipinski definition) is 1. The number of rotatable bonds is 9. The largest absolute Gasteiger partial charge is 0.495 e. The van der Waals surface area contributed by atoms with Gasteiger partial charge in [0.05, 0.1) is 19.3 Å². The van der Waals surface area contributed by atoms with Crippen LogP contribution < -0.4 is 19.7 Å². The lowest BCUT2D eigenvalue weighted by molar-refractivity contribution is -0.128. The smallest absolute Gasteiger partial charge is 0.263 e. The summed E-state index contributed by atoms with van der Waals surface area (Å²) in [5.74, 6) is -0.286. The van der Waals surface area contributed by atoms with Gasteiger partial charge in [-0.1, -0.05) is 56.3 Å². The standard InChI is InChI=1S/C28H31N3O6S/c1-4-30(5-2)38(34,35)26-17-21(15-16-24(26)36-3)28(33)31-19-25(37-23-14-10-9-13-22(23)31)27(32)29-18-20-11-7-6-8-12-20/h6-17,25H,4-5,18-19H2,1-3H3,(H,29,32)/t25-/m0/s1. The van der Waals surface area contributed by atoms with E-state index >= 15 is 0 Å². The summed E-state index contributed by atoms with van der Waals surface area (Å²) in [6.45, 7) is 4.32. The summed E-state index contributed by atoms with van der Waals surface area (Å²) in [5, 5.41) is 2.86. The summed E-state index contributed by atoms with van der Waals surface area (Å²) >= 11 is 0. The molecule has 200 valence electrons. The molecule has 38 heavy (non-hydrogen) atoms. The molecule has 3 aromatic carbocycles. The minimum Gasteiger partial charge on any atom is -0.495 e. The van der Waals surface area contributed by atoms with Crippen LogP contribution in [0.25, 0.3) is 0 Å². The number of fused-ring (bicyclic) bond motifs is 1. The molecule has 0 spiro atoms. The molecule has 10 heteroatoms. The van der Waals surface area contributed by atoms with E-state index in [0.29, 0.717) is 18.0 Å². The van der Waals surface area contributed by atoms with Crippen molar-refractivity contribution >= 4 is 27.5 Å². The Hall–Kier alpha value is -3.89. The van der Waals surface area contributed by atoms with Crippen molar-refractivity contribution in [2.75, 3.05) is 31.6 Å². The van der Waals surface area contributed by atoms with E-state index in [1.807, 2.05) is 30.3 Å². The third-order valence-electron chi connectivity index (χ3n) is 6.35. The molecule has 0 saturated heterocycles. The summed E-state index contributed by atoms with van der Waals surface area (Å²) < 4.78 is 39.2. The molecule has 1 atom stereocenters. The maximum absolute atomic E-state index is 13.8. The van der Waals surface area contributed by atoms with Crippen molar-refractivity contribution in [3.05, 3.63) is 83.9 Å². The number of methoxy groups -OCH3 is 1. The summed E-state index contributed by atoms with van der Waals surface area (Å²) in [4.78, 5) is 28.2. The first-order valence-corrected chi connectivity index (χ1v) is 13.8. The number of sulfonamides is 1. The second kappa shape index (κ2) is 11.7. The quantitative estimate of drug-likeness (QED) is 0.448. The number of carbonyl (C=O) groups excluding carboxylic acids is 2. The maximum atomic E-state index is 13.8. The lowest BCUT2D eigenvalue weighted by atomic mass is 10.1.